The van der Waals surface area contributed by atoms with E-state index in [1.807, 2.05) is 19.1 Å². The van der Waals surface area contributed by atoms with Gasteiger partial charge in [-0.25, -0.2) is 0 Å². The van der Waals surface area contributed by atoms with Gasteiger partial charge in [-0.2, -0.15) is 11.8 Å². The Labute approximate surface area is 120 Å². The fourth-order valence-electron chi connectivity index (χ4n) is 1.85. The van der Waals surface area contributed by atoms with Crippen LogP contribution in [0.5, 0.6) is 0 Å². The van der Waals surface area contributed by atoms with Gasteiger partial charge in [0, 0.05) is 11.8 Å². The predicted molar refractivity (Wildman–Crippen MR) is 83.3 cm³/mol. The van der Waals surface area contributed by atoms with Gasteiger partial charge in [0.05, 0.1) is 11.8 Å². The maximum Gasteiger partial charge on any atom is 0.230 e. The van der Waals surface area contributed by atoms with Crippen LogP contribution in [0.25, 0.3) is 0 Å². The molecule has 0 aliphatic heterocycles. The van der Waals surface area contributed by atoms with Gasteiger partial charge in [-0.1, -0.05) is 31.2 Å². The van der Waals surface area contributed by atoms with Gasteiger partial charge in [0.2, 0.25) is 5.91 Å². The third kappa shape index (κ3) is 5.66. The molecule has 3 nitrogen and oxygen atoms in total. The smallest absolute Gasteiger partial charge is 0.230 e. The molecule has 2 unspecified atom stereocenters. The van der Waals surface area contributed by atoms with Crippen LogP contribution in [0.1, 0.15) is 37.4 Å². The number of amides is 1. The zero-order chi connectivity index (χ0) is 14.3. The number of benzene rings is 1. The molecule has 1 amide bonds. The Morgan fingerprint density at radius 1 is 1.42 bits per heavy atom. The quantitative estimate of drug-likeness (QED) is 0.807. The molecule has 0 heterocycles. The Morgan fingerprint density at radius 2 is 2.11 bits per heavy atom. The average molecular weight is 280 g/mol. The number of aryl methyl sites for hydroxylation is 1. The maximum absolute atomic E-state index is 11.8. The summed E-state index contributed by atoms with van der Waals surface area (Å²) in [6, 6.07) is 8.36. The van der Waals surface area contributed by atoms with E-state index in [4.69, 9.17) is 5.73 Å². The molecule has 0 fully saturated rings. The van der Waals surface area contributed by atoms with E-state index >= 15 is 0 Å². The van der Waals surface area contributed by atoms with Crippen LogP contribution in [0.2, 0.25) is 0 Å². The monoisotopic (exact) mass is 280 g/mol. The number of carbonyl (C=O) groups is 1. The van der Waals surface area contributed by atoms with Crippen molar-refractivity contribution in [1.82, 2.24) is 5.32 Å². The zero-order valence-electron chi connectivity index (χ0n) is 12.0. The molecule has 106 valence electrons. The molecule has 1 aromatic carbocycles. The second-order valence-corrected chi connectivity index (χ2v) is 5.86. The van der Waals surface area contributed by atoms with Gasteiger partial charge in [0.15, 0.2) is 0 Å². The molecule has 0 spiro atoms. The normalized spacial score (nSPS) is 13.9. The Kier molecular flexibility index (Phi) is 6.95. The van der Waals surface area contributed by atoms with Crippen molar-refractivity contribution in [2.75, 3.05) is 11.5 Å². The van der Waals surface area contributed by atoms with Gasteiger partial charge >= 0.3 is 0 Å². The van der Waals surface area contributed by atoms with E-state index in [0.29, 0.717) is 5.75 Å². The Balaban J connectivity index is 2.38. The van der Waals surface area contributed by atoms with E-state index < -0.39 is 0 Å². The molecule has 0 saturated heterocycles. The third-order valence-corrected chi connectivity index (χ3v) is 4.25. The number of thioether (sulfide) groups is 1. The van der Waals surface area contributed by atoms with Gasteiger partial charge in [0.1, 0.15) is 0 Å². The molecule has 0 aliphatic carbocycles. The highest BCUT2D eigenvalue weighted by Gasteiger charge is 2.11. The lowest BCUT2D eigenvalue weighted by Crippen LogP contribution is -2.29. The molecule has 0 radical (unpaired) electrons. The number of hydrogen-bond acceptors (Lipinski definition) is 3. The minimum Gasteiger partial charge on any atom is -0.349 e. The van der Waals surface area contributed by atoms with Crippen molar-refractivity contribution < 1.29 is 4.79 Å². The molecule has 0 aromatic heterocycles. The molecule has 3 N–H and O–H groups in total. The largest absolute Gasteiger partial charge is 0.349 e. The van der Waals surface area contributed by atoms with Crippen molar-refractivity contribution in [2.45, 2.75) is 39.3 Å². The van der Waals surface area contributed by atoms with Gasteiger partial charge in [-0.05, 0) is 31.4 Å². The van der Waals surface area contributed by atoms with E-state index in [1.54, 1.807) is 11.8 Å². The first kappa shape index (κ1) is 16.1. The van der Waals surface area contributed by atoms with Crippen LogP contribution in [0.3, 0.4) is 0 Å². The fraction of sp³-hybridized carbons (Fsp3) is 0.533. The van der Waals surface area contributed by atoms with Crippen molar-refractivity contribution in [1.29, 1.82) is 0 Å². The first-order valence-corrected chi connectivity index (χ1v) is 7.88. The van der Waals surface area contributed by atoms with Crippen LogP contribution in [0.4, 0.5) is 0 Å². The van der Waals surface area contributed by atoms with E-state index in [2.05, 4.69) is 31.3 Å². The summed E-state index contributed by atoms with van der Waals surface area (Å²) in [7, 11) is 0. The molecular formula is C15H24N2OS. The SMILES string of the molecule is CCC(N)CSCC(=O)NC(C)c1ccccc1C. The standard InChI is InChI=1S/C15H24N2OS/c1-4-13(16)9-19-10-15(18)17-12(3)14-8-6-5-7-11(14)2/h5-8,12-13H,4,9-10,16H2,1-3H3,(H,17,18). The molecule has 0 bridgehead atoms. The summed E-state index contributed by atoms with van der Waals surface area (Å²) in [6.07, 6.45) is 0.953. The predicted octanol–water partition coefficient (Wildman–Crippen LogP) is 2.64. The average Bonchev–Trinajstić information content (AvgIpc) is 2.38. The van der Waals surface area contributed by atoms with Gasteiger partial charge < -0.3 is 11.1 Å². The van der Waals surface area contributed by atoms with Crippen LogP contribution in [-0.4, -0.2) is 23.5 Å². The minimum absolute atomic E-state index is 0.0501. The zero-order valence-corrected chi connectivity index (χ0v) is 12.8. The molecule has 2 atom stereocenters. The Bertz CT molecular complexity index is 409. The number of rotatable bonds is 7. The summed E-state index contributed by atoms with van der Waals surface area (Å²) in [5.74, 6) is 1.39. The first-order chi connectivity index (χ1) is 9.04. The summed E-state index contributed by atoms with van der Waals surface area (Å²) >= 11 is 1.60. The van der Waals surface area contributed by atoms with Crippen LogP contribution in [-0.2, 0) is 4.79 Å². The number of nitrogens with one attached hydrogen (secondary N) is 1. The first-order valence-electron chi connectivity index (χ1n) is 6.72. The van der Waals surface area contributed by atoms with Gasteiger partial charge in [-0.3, -0.25) is 4.79 Å². The number of carbonyl (C=O) groups excluding carboxylic acids is 1. The van der Waals surface area contributed by atoms with Crippen LogP contribution >= 0.6 is 11.8 Å². The fourth-order valence-corrected chi connectivity index (χ4v) is 2.78. The molecule has 1 rings (SSSR count). The lowest BCUT2D eigenvalue weighted by Gasteiger charge is -2.16. The maximum atomic E-state index is 11.8. The van der Waals surface area contributed by atoms with E-state index in [0.717, 1.165) is 12.2 Å². The molecule has 1 aromatic rings. The summed E-state index contributed by atoms with van der Waals surface area (Å²) in [6.45, 7) is 6.14. The summed E-state index contributed by atoms with van der Waals surface area (Å²) in [5, 5.41) is 3.03. The van der Waals surface area contributed by atoms with E-state index in [-0.39, 0.29) is 18.0 Å². The van der Waals surface area contributed by atoms with Gasteiger partial charge in [-0.15, -0.1) is 0 Å². The molecular weight excluding hydrogens is 256 g/mol. The summed E-state index contributed by atoms with van der Waals surface area (Å²) < 4.78 is 0. The number of hydrogen-bond donors (Lipinski definition) is 2. The number of nitrogens with two attached hydrogens (primary N) is 1. The van der Waals surface area contributed by atoms with Crippen LogP contribution in [0.15, 0.2) is 24.3 Å². The van der Waals surface area contributed by atoms with E-state index in [1.165, 1.54) is 11.1 Å². The highest BCUT2D eigenvalue weighted by atomic mass is 32.2. The molecule has 0 saturated carbocycles. The Hall–Kier alpha value is -1.00. The van der Waals surface area contributed by atoms with Crippen molar-refractivity contribution in [3.05, 3.63) is 35.4 Å². The Morgan fingerprint density at radius 3 is 2.74 bits per heavy atom. The lowest BCUT2D eigenvalue weighted by atomic mass is 10.0. The third-order valence-electron chi connectivity index (χ3n) is 3.12. The van der Waals surface area contributed by atoms with Crippen molar-refractivity contribution in [2.24, 2.45) is 5.73 Å². The van der Waals surface area contributed by atoms with Crippen molar-refractivity contribution in [3.63, 3.8) is 0 Å². The van der Waals surface area contributed by atoms with Gasteiger partial charge in [0.25, 0.3) is 0 Å². The lowest BCUT2D eigenvalue weighted by molar-refractivity contribution is -0.119. The topological polar surface area (TPSA) is 55.1 Å². The van der Waals surface area contributed by atoms with Crippen LogP contribution in [0, 0.1) is 6.92 Å². The van der Waals surface area contributed by atoms with Crippen molar-refractivity contribution >= 4 is 17.7 Å². The molecule has 19 heavy (non-hydrogen) atoms. The summed E-state index contributed by atoms with van der Waals surface area (Å²) in [5.41, 5.74) is 8.20. The second kappa shape index (κ2) is 8.23. The van der Waals surface area contributed by atoms with Crippen molar-refractivity contribution in [3.8, 4) is 0 Å². The second-order valence-electron chi connectivity index (χ2n) is 4.83. The highest BCUT2D eigenvalue weighted by molar-refractivity contribution is 7.99. The molecule has 4 heteroatoms. The molecule has 0 aliphatic rings. The highest BCUT2D eigenvalue weighted by Crippen LogP contribution is 2.16. The summed E-state index contributed by atoms with van der Waals surface area (Å²) in [4.78, 5) is 11.8. The van der Waals surface area contributed by atoms with Crippen LogP contribution < -0.4 is 11.1 Å². The minimum atomic E-state index is 0.0501. The van der Waals surface area contributed by atoms with E-state index in [9.17, 15) is 4.79 Å².